The number of ether oxygens (including phenoxy) is 2. The average molecular weight is 334 g/mol. The van der Waals surface area contributed by atoms with Crippen LogP contribution in [0, 0.1) is 0 Å². The van der Waals surface area contributed by atoms with Gasteiger partial charge < -0.3 is 15.2 Å². The first-order valence-corrected chi connectivity index (χ1v) is 8.83. The van der Waals surface area contributed by atoms with Crippen molar-refractivity contribution in [1.82, 2.24) is 14.8 Å². The largest absolute Gasteiger partial charge is 0.497 e. The van der Waals surface area contributed by atoms with Crippen molar-refractivity contribution in [3.05, 3.63) is 30.1 Å². The Kier molecular flexibility index (Phi) is 5.53. The number of hydrogen-bond acceptors (Lipinski definition) is 6. The predicted molar refractivity (Wildman–Crippen MR) is 90.4 cm³/mol. The van der Waals surface area contributed by atoms with Crippen LogP contribution in [-0.2, 0) is 11.2 Å². The van der Waals surface area contributed by atoms with E-state index < -0.39 is 0 Å². The molecule has 0 spiro atoms. The van der Waals surface area contributed by atoms with E-state index in [4.69, 9.17) is 15.2 Å². The second-order valence-corrected chi connectivity index (χ2v) is 6.40. The minimum Gasteiger partial charge on any atom is -0.497 e. The fraction of sp³-hybridized carbons (Fsp3) is 0.500. The quantitative estimate of drug-likeness (QED) is 0.781. The number of thioether (sulfide) groups is 1. The number of hydrogen-bond donors (Lipinski definition) is 1. The zero-order chi connectivity index (χ0) is 16.1. The van der Waals surface area contributed by atoms with Gasteiger partial charge in [0.2, 0.25) is 0 Å². The molecule has 2 N–H and O–H groups in total. The Hall–Kier alpha value is -1.57. The summed E-state index contributed by atoms with van der Waals surface area (Å²) in [6.07, 6.45) is 3.28. The van der Waals surface area contributed by atoms with E-state index in [1.807, 2.05) is 24.3 Å². The number of aromatic nitrogens is 3. The molecule has 6 nitrogen and oxygen atoms in total. The highest BCUT2D eigenvalue weighted by Crippen LogP contribution is 2.26. The van der Waals surface area contributed by atoms with Gasteiger partial charge in [-0.1, -0.05) is 11.8 Å². The van der Waals surface area contributed by atoms with Gasteiger partial charge >= 0.3 is 0 Å². The fourth-order valence-corrected chi connectivity index (χ4v) is 3.65. The van der Waals surface area contributed by atoms with Gasteiger partial charge in [0, 0.05) is 24.5 Å². The third-order valence-electron chi connectivity index (χ3n) is 3.82. The van der Waals surface area contributed by atoms with E-state index in [2.05, 4.69) is 14.8 Å². The van der Waals surface area contributed by atoms with E-state index in [1.165, 1.54) is 0 Å². The van der Waals surface area contributed by atoms with Crippen molar-refractivity contribution < 1.29 is 9.47 Å². The lowest BCUT2D eigenvalue weighted by atomic mass is 10.3. The summed E-state index contributed by atoms with van der Waals surface area (Å²) in [6.45, 7) is 1.42. The zero-order valence-electron chi connectivity index (χ0n) is 13.3. The normalized spacial score (nSPS) is 17.6. The summed E-state index contributed by atoms with van der Waals surface area (Å²) in [6, 6.07) is 7.91. The molecule has 1 aromatic carbocycles. The van der Waals surface area contributed by atoms with Crippen LogP contribution in [0.1, 0.15) is 18.7 Å². The maximum atomic E-state index is 5.71. The SMILES string of the molecule is COc1ccc(-n2c(CCN)nnc2SCC2CCCO2)cc1. The molecule has 1 aromatic heterocycles. The maximum Gasteiger partial charge on any atom is 0.195 e. The van der Waals surface area contributed by atoms with Crippen LogP contribution in [0.4, 0.5) is 0 Å². The van der Waals surface area contributed by atoms with Crippen LogP contribution in [0.2, 0.25) is 0 Å². The number of rotatable bonds is 7. The highest BCUT2D eigenvalue weighted by Gasteiger charge is 2.19. The van der Waals surface area contributed by atoms with Crippen molar-refractivity contribution in [2.75, 3.05) is 26.0 Å². The molecule has 1 unspecified atom stereocenters. The van der Waals surface area contributed by atoms with Crippen molar-refractivity contribution in [3.63, 3.8) is 0 Å². The number of nitrogens with zero attached hydrogens (tertiary/aromatic N) is 3. The molecule has 1 saturated heterocycles. The Balaban J connectivity index is 1.83. The van der Waals surface area contributed by atoms with Crippen molar-refractivity contribution in [2.45, 2.75) is 30.5 Å². The van der Waals surface area contributed by atoms with E-state index in [1.54, 1.807) is 18.9 Å². The minimum absolute atomic E-state index is 0.318. The van der Waals surface area contributed by atoms with Gasteiger partial charge in [-0.2, -0.15) is 0 Å². The second kappa shape index (κ2) is 7.81. The van der Waals surface area contributed by atoms with E-state index in [-0.39, 0.29) is 0 Å². The van der Waals surface area contributed by atoms with Crippen LogP contribution in [0.15, 0.2) is 29.4 Å². The summed E-state index contributed by atoms with van der Waals surface area (Å²) in [5.41, 5.74) is 6.73. The van der Waals surface area contributed by atoms with Crippen LogP contribution in [0.5, 0.6) is 5.75 Å². The first-order chi connectivity index (χ1) is 11.3. The molecule has 3 rings (SSSR count). The molecule has 23 heavy (non-hydrogen) atoms. The first kappa shape index (κ1) is 16.3. The topological polar surface area (TPSA) is 75.2 Å². The van der Waals surface area contributed by atoms with Gasteiger partial charge in [0.05, 0.1) is 13.2 Å². The van der Waals surface area contributed by atoms with Gasteiger partial charge in [-0.15, -0.1) is 10.2 Å². The van der Waals surface area contributed by atoms with Crippen molar-refractivity contribution in [1.29, 1.82) is 0 Å². The number of nitrogens with two attached hydrogens (primary N) is 1. The van der Waals surface area contributed by atoms with Crippen molar-refractivity contribution >= 4 is 11.8 Å². The molecule has 0 radical (unpaired) electrons. The molecular weight excluding hydrogens is 312 g/mol. The van der Waals surface area contributed by atoms with Gasteiger partial charge in [0.15, 0.2) is 5.16 Å². The Morgan fingerprint density at radius 3 is 2.83 bits per heavy atom. The molecular formula is C16H22N4O2S. The monoisotopic (exact) mass is 334 g/mol. The molecule has 0 aliphatic carbocycles. The Morgan fingerprint density at radius 2 is 2.17 bits per heavy atom. The summed E-state index contributed by atoms with van der Waals surface area (Å²) in [5, 5.41) is 9.54. The van der Waals surface area contributed by atoms with E-state index in [9.17, 15) is 0 Å². The molecule has 124 valence electrons. The van der Waals surface area contributed by atoms with Gasteiger partial charge in [-0.05, 0) is 43.7 Å². The fourth-order valence-electron chi connectivity index (χ4n) is 2.62. The van der Waals surface area contributed by atoms with E-state index in [0.29, 0.717) is 19.1 Å². The summed E-state index contributed by atoms with van der Waals surface area (Å²) < 4.78 is 13.0. The van der Waals surface area contributed by atoms with Crippen molar-refractivity contribution in [3.8, 4) is 11.4 Å². The number of benzene rings is 1. The van der Waals surface area contributed by atoms with E-state index >= 15 is 0 Å². The van der Waals surface area contributed by atoms with Gasteiger partial charge in [-0.3, -0.25) is 4.57 Å². The highest BCUT2D eigenvalue weighted by atomic mass is 32.2. The molecule has 1 fully saturated rings. The maximum absolute atomic E-state index is 5.71. The smallest absolute Gasteiger partial charge is 0.195 e. The highest BCUT2D eigenvalue weighted by molar-refractivity contribution is 7.99. The summed E-state index contributed by atoms with van der Waals surface area (Å²) in [7, 11) is 1.66. The summed E-state index contributed by atoms with van der Waals surface area (Å²) in [5.74, 6) is 2.61. The van der Waals surface area contributed by atoms with Gasteiger partial charge in [-0.25, -0.2) is 0 Å². The summed E-state index contributed by atoms with van der Waals surface area (Å²) >= 11 is 1.69. The van der Waals surface area contributed by atoms with Crippen molar-refractivity contribution in [2.24, 2.45) is 5.73 Å². The third-order valence-corrected chi connectivity index (χ3v) is 4.88. The van der Waals surface area contributed by atoms with Crippen LogP contribution >= 0.6 is 11.8 Å². The molecule has 2 aromatic rings. The first-order valence-electron chi connectivity index (χ1n) is 7.85. The molecule has 1 aliphatic rings. The molecule has 0 saturated carbocycles. The van der Waals surface area contributed by atoms with Crippen LogP contribution in [-0.4, -0.2) is 46.9 Å². The molecule has 0 amide bonds. The predicted octanol–water partition coefficient (Wildman–Crippen LogP) is 2.05. The summed E-state index contributed by atoms with van der Waals surface area (Å²) in [4.78, 5) is 0. The van der Waals surface area contributed by atoms with Crippen LogP contribution in [0.25, 0.3) is 5.69 Å². The molecule has 1 aliphatic heterocycles. The Labute approximate surface area is 140 Å². The second-order valence-electron chi connectivity index (χ2n) is 5.42. The molecule has 7 heteroatoms. The lowest BCUT2D eigenvalue weighted by Gasteiger charge is -2.12. The minimum atomic E-state index is 0.318. The Morgan fingerprint density at radius 1 is 1.35 bits per heavy atom. The van der Waals surface area contributed by atoms with Gasteiger partial charge in [0.1, 0.15) is 11.6 Å². The van der Waals surface area contributed by atoms with Gasteiger partial charge in [0.25, 0.3) is 0 Å². The Bertz CT molecular complexity index is 624. The molecule has 2 heterocycles. The molecule has 0 bridgehead atoms. The standard InChI is InChI=1S/C16H22N4O2S/c1-21-13-6-4-12(5-7-13)20-15(8-9-17)18-19-16(20)23-11-14-3-2-10-22-14/h4-7,14H,2-3,8-11,17H2,1H3. The molecule has 1 atom stereocenters. The number of methoxy groups -OCH3 is 1. The lowest BCUT2D eigenvalue weighted by Crippen LogP contribution is -2.11. The zero-order valence-corrected chi connectivity index (χ0v) is 14.1. The van der Waals surface area contributed by atoms with Crippen LogP contribution < -0.4 is 10.5 Å². The van der Waals surface area contributed by atoms with E-state index in [0.717, 1.165) is 47.6 Å². The lowest BCUT2D eigenvalue weighted by molar-refractivity contribution is 0.129. The average Bonchev–Trinajstić information content (AvgIpc) is 3.23. The van der Waals surface area contributed by atoms with Crippen LogP contribution in [0.3, 0.4) is 0 Å². The third kappa shape index (κ3) is 3.85.